The van der Waals surface area contributed by atoms with Gasteiger partial charge in [-0.15, -0.1) is 0 Å². The zero-order valence-electron chi connectivity index (χ0n) is 15.2. The number of unbranched alkanes of at least 4 members (excludes halogenated alkanes) is 1. The topological polar surface area (TPSA) is 78.8 Å². The Morgan fingerprint density at radius 3 is 2.38 bits per heavy atom. The van der Waals surface area contributed by atoms with Crippen molar-refractivity contribution in [3.05, 3.63) is 35.4 Å². The zero-order valence-corrected chi connectivity index (χ0v) is 15.2. The predicted molar refractivity (Wildman–Crippen MR) is 94.9 cm³/mol. The summed E-state index contributed by atoms with van der Waals surface area (Å²) in [5, 5.41) is 22.9. The van der Waals surface area contributed by atoms with Crippen molar-refractivity contribution < 1.29 is 19.7 Å². The summed E-state index contributed by atoms with van der Waals surface area (Å²) in [5.74, 6) is 0. The second-order valence-electron chi connectivity index (χ2n) is 7.07. The van der Waals surface area contributed by atoms with E-state index >= 15 is 0 Å². The molecule has 0 aliphatic rings. The fraction of sp³-hybridized carbons (Fsp3) is 0.632. The van der Waals surface area contributed by atoms with Gasteiger partial charge in [0.25, 0.3) is 0 Å². The highest BCUT2D eigenvalue weighted by molar-refractivity contribution is 5.67. The van der Waals surface area contributed by atoms with Gasteiger partial charge in [-0.1, -0.05) is 37.6 Å². The van der Waals surface area contributed by atoms with E-state index in [-0.39, 0.29) is 13.0 Å². The summed E-state index contributed by atoms with van der Waals surface area (Å²) in [6, 6.07) is 7.67. The van der Waals surface area contributed by atoms with Crippen LogP contribution in [-0.2, 0) is 11.2 Å². The average molecular weight is 337 g/mol. The van der Waals surface area contributed by atoms with Gasteiger partial charge in [0.1, 0.15) is 11.7 Å². The van der Waals surface area contributed by atoms with Crippen LogP contribution in [0.5, 0.6) is 0 Å². The van der Waals surface area contributed by atoms with Crippen LogP contribution in [0.25, 0.3) is 0 Å². The first-order valence-corrected chi connectivity index (χ1v) is 8.64. The summed E-state index contributed by atoms with van der Waals surface area (Å²) < 4.78 is 5.12. The summed E-state index contributed by atoms with van der Waals surface area (Å²) in [5.41, 5.74) is 1.36. The lowest BCUT2D eigenvalue weighted by atomic mass is 9.99. The molecule has 3 N–H and O–H groups in total. The minimum Gasteiger partial charge on any atom is -0.444 e. The quantitative estimate of drug-likeness (QED) is 0.680. The number of aliphatic hydroxyl groups excluding tert-OH is 2. The number of rotatable bonds is 8. The van der Waals surface area contributed by atoms with E-state index in [0.717, 1.165) is 19.3 Å². The number of hydrogen-bond donors (Lipinski definition) is 3. The monoisotopic (exact) mass is 337 g/mol. The normalized spacial score (nSPS) is 14.1. The van der Waals surface area contributed by atoms with E-state index in [1.165, 1.54) is 5.56 Å². The fourth-order valence-corrected chi connectivity index (χ4v) is 2.28. The fourth-order valence-electron chi connectivity index (χ4n) is 2.28. The largest absolute Gasteiger partial charge is 0.444 e. The van der Waals surface area contributed by atoms with Gasteiger partial charge in [-0.2, -0.15) is 0 Å². The van der Waals surface area contributed by atoms with Gasteiger partial charge in [-0.3, -0.25) is 0 Å². The molecule has 136 valence electrons. The van der Waals surface area contributed by atoms with E-state index < -0.39 is 23.9 Å². The minimum absolute atomic E-state index is 0.238. The van der Waals surface area contributed by atoms with Gasteiger partial charge in [0, 0.05) is 6.54 Å². The third-order valence-corrected chi connectivity index (χ3v) is 3.61. The van der Waals surface area contributed by atoms with Crippen molar-refractivity contribution >= 4 is 6.09 Å². The van der Waals surface area contributed by atoms with E-state index in [4.69, 9.17) is 4.74 Å². The molecule has 0 saturated carbocycles. The van der Waals surface area contributed by atoms with Crippen molar-refractivity contribution in [2.24, 2.45) is 0 Å². The lowest BCUT2D eigenvalue weighted by Gasteiger charge is -2.21. The Balaban J connectivity index is 2.41. The van der Waals surface area contributed by atoms with Crippen LogP contribution in [0.2, 0.25) is 0 Å². The van der Waals surface area contributed by atoms with Gasteiger partial charge in [0.15, 0.2) is 0 Å². The average Bonchev–Trinajstić information content (AvgIpc) is 2.50. The highest BCUT2D eigenvalue weighted by Crippen LogP contribution is 2.20. The van der Waals surface area contributed by atoms with Crippen LogP contribution in [-0.4, -0.2) is 34.6 Å². The standard InChI is InChI=1S/C19H31NO4/c1-5-6-7-14-8-10-15(11-9-14)17(22)16(21)12-13-20-18(23)24-19(2,3)4/h8-11,16-17,21-22H,5-7,12-13H2,1-4H3,(H,20,23). The molecule has 0 radical (unpaired) electrons. The van der Waals surface area contributed by atoms with Crippen LogP contribution in [0.4, 0.5) is 4.79 Å². The molecule has 0 fully saturated rings. The molecule has 24 heavy (non-hydrogen) atoms. The zero-order chi connectivity index (χ0) is 18.2. The lowest BCUT2D eigenvalue weighted by molar-refractivity contribution is 0.0123. The molecule has 1 amide bonds. The molecule has 0 bridgehead atoms. The van der Waals surface area contributed by atoms with Gasteiger partial charge < -0.3 is 20.3 Å². The molecule has 2 atom stereocenters. The molecular weight excluding hydrogens is 306 g/mol. The molecular formula is C19H31NO4. The molecule has 1 rings (SSSR count). The predicted octanol–water partition coefficient (Wildman–Crippen LogP) is 3.34. The summed E-state index contributed by atoms with van der Waals surface area (Å²) >= 11 is 0. The van der Waals surface area contributed by atoms with Gasteiger partial charge in [0.05, 0.1) is 6.10 Å². The lowest BCUT2D eigenvalue weighted by Crippen LogP contribution is -2.34. The van der Waals surface area contributed by atoms with E-state index in [1.54, 1.807) is 20.8 Å². The third-order valence-electron chi connectivity index (χ3n) is 3.61. The number of amides is 1. The Morgan fingerprint density at radius 2 is 1.83 bits per heavy atom. The molecule has 0 aliphatic heterocycles. The van der Waals surface area contributed by atoms with E-state index in [9.17, 15) is 15.0 Å². The second kappa shape index (κ2) is 9.64. The van der Waals surface area contributed by atoms with Crippen molar-refractivity contribution in [1.82, 2.24) is 5.32 Å². The van der Waals surface area contributed by atoms with Crippen LogP contribution in [0.3, 0.4) is 0 Å². The van der Waals surface area contributed by atoms with E-state index in [2.05, 4.69) is 12.2 Å². The Bertz CT molecular complexity index is 493. The Kier molecular flexibility index (Phi) is 8.22. The Morgan fingerprint density at radius 1 is 1.21 bits per heavy atom. The first-order chi connectivity index (χ1) is 11.2. The number of ether oxygens (including phenoxy) is 1. The van der Waals surface area contributed by atoms with Crippen molar-refractivity contribution in [3.8, 4) is 0 Å². The Labute approximate surface area is 145 Å². The number of carbonyl (C=O) groups is 1. The maximum Gasteiger partial charge on any atom is 0.407 e. The summed E-state index contributed by atoms with van der Waals surface area (Å²) in [6.07, 6.45) is 1.12. The van der Waals surface area contributed by atoms with Crippen molar-refractivity contribution in [2.45, 2.75) is 71.2 Å². The molecule has 2 unspecified atom stereocenters. The number of hydrogen-bond acceptors (Lipinski definition) is 4. The van der Waals surface area contributed by atoms with E-state index in [0.29, 0.717) is 5.56 Å². The maximum atomic E-state index is 11.5. The third kappa shape index (κ3) is 7.79. The minimum atomic E-state index is -0.967. The van der Waals surface area contributed by atoms with Crippen molar-refractivity contribution in [1.29, 1.82) is 0 Å². The highest BCUT2D eigenvalue weighted by Gasteiger charge is 2.20. The second-order valence-corrected chi connectivity index (χ2v) is 7.07. The number of carbonyl (C=O) groups excluding carboxylic acids is 1. The smallest absolute Gasteiger partial charge is 0.407 e. The van der Waals surface area contributed by atoms with Gasteiger partial charge in [-0.25, -0.2) is 4.79 Å². The molecule has 0 aliphatic carbocycles. The molecule has 5 nitrogen and oxygen atoms in total. The highest BCUT2D eigenvalue weighted by atomic mass is 16.6. The van der Waals surface area contributed by atoms with Gasteiger partial charge >= 0.3 is 6.09 Å². The number of nitrogens with one attached hydrogen (secondary N) is 1. The summed E-state index contributed by atoms with van der Waals surface area (Å²) in [6.45, 7) is 7.75. The molecule has 1 aromatic rings. The Hall–Kier alpha value is -1.59. The molecule has 1 aromatic carbocycles. The van der Waals surface area contributed by atoms with Gasteiger partial charge in [-0.05, 0) is 51.2 Å². The van der Waals surface area contributed by atoms with E-state index in [1.807, 2.05) is 24.3 Å². The van der Waals surface area contributed by atoms with Crippen LogP contribution in [0.15, 0.2) is 24.3 Å². The van der Waals surface area contributed by atoms with Crippen LogP contribution < -0.4 is 5.32 Å². The molecule has 0 saturated heterocycles. The van der Waals surface area contributed by atoms with Crippen LogP contribution in [0, 0.1) is 0 Å². The maximum absolute atomic E-state index is 11.5. The molecule has 5 heteroatoms. The van der Waals surface area contributed by atoms with Crippen LogP contribution >= 0.6 is 0 Å². The first-order valence-electron chi connectivity index (χ1n) is 8.64. The SMILES string of the molecule is CCCCc1ccc(C(O)C(O)CCNC(=O)OC(C)(C)C)cc1. The molecule has 0 aromatic heterocycles. The molecule has 0 heterocycles. The summed E-state index contributed by atoms with van der Waals surface area (Å²) in [7, 11) is 0. The number of benzene rings is 1. The summed E-state index contributed by atoms with van der Waals surface area (Å²) in [4.78, 5) is 11.5. The van der Waals surface area contributed by atoms with Crippen molar-refractivity contribution in [3.63, 3.8) is 0 Å². The first kappa shape index (κ1) is 20.5. The van der Waals surface area contributed by atoms with Crippen LogP contribution in [0.1, 0.15) is 64.2 Å². The van der Waals surface area contributed by atoms with Crippen molar-refractivity contribution in [2.75, 3.05) is 6.54 Å². The van der Waals surface area contributed by atoms with Gasteiger partial charge in [0.2, 0.25) is 0 Å². The molecule has 0 spiro atoms. The number of alkyl carbamates (subject to hydrolysis) is 1. The number of aryl methyl sites for hydroxylation is 1. The number of aliphatic hydroxyl groups is 2.